The lowest BCUT2D eigenvalue weighted by molar-refractivity contribution is -0.0210. The van der Waals surface area contributed by atoms with Gasteiger partial charge in [-0.1, -0.05) is 54.6 Å². The van der Waals surface area contributed by atoms with E-state index < -0.39 is 0 Å². The van der Waals surface area contributed by atoms with Gasteiger partial charge in [0.05, 0.1) is 5.22 Å². The van der Waals surface area contributed by atoms with Gasteiger partial charge in [-0.05, 0) is 60.2 Å². The highest BCUT2D eigenvalue weighted by Gasteiger charge is 2.29. The van der Waals surface area contributed by atoms with Crippen LogP contribution in [0.1, 0.15) is 24.8 Å². The van der Waals surface area contributed by atoms with E-state index in [1.807, 2.05) is 42.5 Å². The van der Waals surface area contributed by atoms with Crippen LogP contribution in [0.3, 0.4) is 0 Å². The number of para-hydroxylation sites is 1. The van der Waals surface area contributed by atoms with Crippen LogP contribution in [-0.4, -0.2) is 16.8 Å². The van der Waals surface area contributed by atoms with Gasteiger partial charge in [0, 0.05) is 16.8 Å². The summed E-state index contributed by atoms with van der Waals surface area (Å²) < 4.78 is 12.0. The van der Waals surface area contributed by atoms with E-state index in [0.717, 1.165) is 34.8 Å². The third-order valence-corrected chi connectivity index (χ3v) is 6.50. The van der Waals surface area contributed by atoms with Gasteiger partial charge in [0.25, 0.3) is 0 Å². The predicted octanol–water partition coefficient (Wildman–Crippen LogP) is 4.86. The summed E-state index contributed by atoms with van der Waals surface area (Å²) in [7, 11) is 1.03. The summed E-state index contributed by atoms with van der Waals surface area (Å²) >= 11 is 0. The average molecular weight is 361 g/mol. The molecule has 132 valence electrons. The first kappa shape index (κ1) is 17.1. The summed E-state index contributed by atoms with van der Waals surface area (Å²) in [6, 6.07) is 27.0. The maximum absolute atomic E-state index is 6.11. The molecule has 1 aliphatic rings. The van der Waals surface area contributed by atoms with Crippen LogP contribution in [0.15, 0.2) is 78.9 Å². The number of rotatable bonds is 4. The molecule has 1 heterocycles. The fraction of sp³-hybridized carbons (Fsp3) is 0.217. The van der Waals surface area contributed by atoms with Gasteiger partial charge in [0.1, 0.15) is 11.5 Å². The first-order valence-electron chi connectivity index (χ1n) is 9.31. The van der Waals surface area contributed by atoms with E-state index in [1.165, 1.54) is 29.5 Å². The van der Waals surface area contributed by atoms with Gasteiger partial charge < -0.3 is 9.47 Å². The van der Waals surface area contributed by atoms with Crippen LogP contribution in [0.5, 0.6) is 11.5 Å². The van der Waals surface area contributed by atoms with Crippen molar-refractivity contribution in [3.63, 3.8) is 0 Å². The molecule has 4 rings (SSSR count). The lowest BCUT2D eigenvalue weighted by Gasteiger charge is -2.34. The maximum Gasteiger partial charge on any atom is 0.127 e. The minimum Gasteiger partial charge on any atom is -0.457 e. The molecule has 0 N–H and O–H groups in total. The fourth-order valence-electron chi connectivity index (χ4n) is 3.52. The Kier molecular flexibility index (Phi) is 4.91. The topological polar surface area (TPSA) is 18.5 Å². The molecule has 2 nitrogen and oxygen atoms in total. The minimum absolute atomic E-state index is 0.00413. The molecule has 1 fully saturated rings. The molecule has 0 bridgehead atoms. The zero-order chi connectivity index (χ0) is 17.8. The van der Waals surface area contributed by atoms with Crippen molar-refractivity contribution in [1.29, 1.82) is 0 Å². The quantitative estimate of drug-likeness (QED) is 0.618. The normalized spacial score (nSPS) is 20.0. The molecule has 1 atom stereocenters. The molecule has 0 amide bonds. The lowest BCUT2D eigenvalue weighted by Crippen LogP contribution is -2.33. The zero-order valence-corrected chi connectivity index (χ0v) is 17.2. The molecule has 3 aromatic rings. The highest BCUT2D eigenvalue weighted by Crippen LogP contribution is 2.33. The number of ether oxygens (including phenoxy) is 2. The third-order valence-electron chi connectivity index (χ3n) is 5.13. The first-order chi connectivity index (χ1) is 12.7. The van der Waals surface area contributed by atoms with Crippen LogP contribution in [-0.2, 0) is 9.96 Å². The van der Waals surface area contributed by atoms with E-state index >= 15 is 0 Å². The van der Waals surface area contributed by atoms with Gasteiger partial charge >= 0.3 is 0 Å². The van der Waals surface area contributed by atoms with E-state index in [9.17, 15) is 0 Å². The number of hydrogen-bond acceptors (Lipinski definition) is 2. The van der Waals surface area contributed by atoms with Crippen LogP contribution in [0.2, 0.25) is 0 Å². The van der Waals surface area contributed by atoms with Crippen molar-refractivity contribution in [2.24, 2.45) is 0 Å². The average Bonchev–Trinajstić information content (AvgIpc) is 2.70. The molecule has 1 aliphatic heterocycles. The summed E-state index contributed by atoms with van der Waals surface area (Å²) in [5, 5.41) is 0.00413. The molecule has 1 saturated heterocycles. The van der Waals surface area contributed by atoms with E-state index in [4.69, 9.17) is 9.47 Å². The predicted molar refractivity (Wildman–Crippen MR) is 110 cm³/mol. The van der Waals surface area contributed by atoms with E-state index in [0.29, 0.717) is 0 Å². The van der Waals surface area contributed by atoms with E-state index in [1.54, 1.807) is 0 Å². The summed E-state index contributed by atoms with van der Waals surface area (Å²) in [6.45, 7) is 0.897. The standard InChI is InChI=1S/C23H24O2Si/c26-23(16-4-5-17-24-23)20-12-8-18(9-13-20)19-10-14-22(15-11-19)25-21-6-2-1-3-7-21/h1-3,6-15H,4-5,16-17H2,26H3. The van der Waals surface area contributed by atoms with Gasteiger partial charge in [-0.3, -0.25) is 0 Å². The van der Waals surface area contributed by atoms with E-state index in [-0.39, 0.29) is 5.22 Å². The molecule has 0 saturated carbocycles. The van der Waals surface area contributed by atoms with Crippen LogP contribution in [0, 0.1) is 0 Å². The Balaban J connectivity index is 1.49. The molecular weight excluding hydrogens is 336 g/mol. The minimum atomic E-state index is 0.00413. The monoisotopic (exact) mass is 360 g/mol. The van der Waals surface area contributed by atoms with Crippen molar-refractivity contribution in [3.05, 3.63) is 84.4 Å². The number of benzene rings is 3. The van der Waals surface area contributed by atoms with Crippen molar-refractivity contribution in [3.8, 4) is 22.6 Å². The highest BCUT2D eigenvalue weighted by molar-refractivity contribution is 6.14. The van der Waals surface area contributed by atoms with Gasteiger partial charge in [0.2, 0.25) is 0 Å². The molecule has 1 unspecified atom stereocenters. The Morgan fingerprint density at radius 2 is 1.35 bits per heavy atom. The second-order valence-electron chi connectivity index (χ2n) is 7.05. The Morgan fingerprint density at radius 3 is 1.96 bits per heavy atom. The summed E-state index contributed by atoms with van der Waals surface area (Å²) in [5.74, 6) is 1.71. The second-order valence-corrected chi connectivity index (χ2v) is 8.67. The maximum atomic E-state index is 6.11. The summed E-state index contributed by atoms with van der Waals surface area (Å²) in [5.41, 5.74) is 3.75. The SMILES string of the molecule is [SiH3]C1(c2ccc(-c3ccc(Oc4ccccc4)cc3)cc2)CCCCO1. The molecule has 26 heavy (non-hydrogen) atoms. The summed E-state index contributed by atoms with van der Waals surface area (Å²) in [6.07, 6.45) is 3.62. The van der Waals surface area contributed by atoms with Gasteiger partial charge in [-0.2, -0.15) is 0 Å². The Morgan fingerprint density at radius 1 is 0.731 bits per heavy atom. The zero-order valence-electron chi connectivity index (χ0n) is 15.2. The smallest absolute Gasteiger partial charge is 0.127 e. The third kappa shape index (κ3) is 3.74. The van der Waals surface area contributed by atoms with Crippen molar-refractivity contribution >= 4 is 10.2 Å². The molecule has 3 aromatic carbocycles. The van der Waals surface area contributed by atoms with Crippen molar-refractivity contribution in [2.75, 3.05) is 6.61 Å². The van der Waals surface area contributed by atoms with Gasteiger partial charge in [-0.15, -0.1) is 0 Å². The molecule has 3 heteroatoms. The summed E-state index contributed by atoms with van der Waals surface area (Å²) in [4.78, 5) is 0. The largest absolute Gasteiger partial charge is 0.457 e. The van der Waals surface area contributed by atoms with Crippen LogP contribution in [0.25, 0.3) is 11.1 Å². The van der Waals surface area contributed by atoms with Gasteiger partial charge in [0.15, 0.2) is 0 Å². The van der Waals surface area contributed by atoms with Crippen molar-refractivity contribution in [2.45, 2.75) is 24.5 Å². The van der Waals surface area contributed by atoms with Crippen LogP contribution < -0.4 is 4.74 Å². The molecular formula is C23H24O2Si. The lowest BCUT2D eigenvalue weighted by atomic mass is 9.97. The second kappa shape index (κ2) is 7.48. The molecule has 0 aliphatic carbocycles. The Bertz CT molecular complexity index is 836. The highest BCUT2D eigenvalue weighted by atomic mass is 28.1. The Hall–Kier alpha value is -2.36. The van der Waals surface area contributed by atoms with Crippen molar-refractivity contribution in [1.82, 2.24) is 0 Å². The number of hydrogen-bond donors (Lipinski definition) is 0. The van der Waals surface area contributed by atoms with Gasteiger partial charge in [-0.25, -0.2) is 0 Å². The van der Waals surface area contributed by atoms with Crippen LogP contribution >= 0.6 is 0 Å². The molecule has 0 spiro atoms. The molecule has 0 aromatic heterocycles. The fourth-order valence-corrected chi connectivity index (χ4v) is 4.41. The molecule has 0 radical (unpaired) electrons. The van der Waals surface area contributed by atoms with Crippen LogP contribution in [0.4, 0.5) is 0 Å². The van der Waals surface area contributed by atoms with Crippen molar-refractivity contribution < 1.29 is 9.47 Å². The van der Waals surface area contributed by atoms with E-state index in [2.05, 4.69) is 36.4 Å². The Labute approximate surface area is 158 Å². The first-order valence-corrected chi connectivity index (χ1v) is 10.3.